The molecule has 1 atom stereocenters. The molecule has 18 heavy (non-hydrogen) atoms. The third-order valence-electron chi connectivity index (χ3n) is 3.13. The Hall–Kier alpha value is -0.970. The summed E-state index contributed by atoms with van der Waals surface area (Å²) in [6.45, 7) is 4.23. The summed E-state index contributed by atoms with van der Waals surface area (Å²) in [5, 5.41) is 0. The molecule has 0 aliphatic carbocycles. The monoisotopic (exact) mass is 250 g/mol. The number of hydrogen-bond donors (Lipinski definition) is 0. The molecule has 0 saturated carbocycles. The summed E-state index contributed by atoms with van der Waals surface area (Å²) in [5.41, 5.74) is 1.31. The van der Waals surface area contributed by atoms with Crippen molar-refractivity contribution in [1.29, 1.82) is 0 Å². The van der Waals surface area contributed by atoms with E-state index in [1.807, 2.05) is 18.5 Å². The van der Waals surface area contributed by atoms with Crippen LogP contribution in [0.4, 0.5) is 0 Å². The molecule has 0 spiro atoms. The number of nitrogens with zero attached hydrogens (tertiary/aromatic N) is 2. The first-order valence-corrected chi connectivity index (χ1v) is 6.61. The Morgan fingerprint density at radius 1 is 1.44 bits per heavy atom. The van der Waals surface area contributed by atoms with Crippen molar-refractivity contribution in [3.8, 4) is 0 Å². The Balaban J connectivity index is 1.61. The lowest BCUT2D eigenvalue weighted by atomic mass is 10.1. The Bertz CT molecular complexity index is 326. The predicted octanol–water partition coefficient (Wildman–Crippen LogP) is 1.36. The Labute approximate surface area is 109 Å². The van der Waals surface area contributed by atoms with Crippen LogP contribution in [0.15, 0.2) is 24.5 Å². The number of rotatable bonds is 6. The first-order valence-electron chi connectivity index (χ1n) is 6.61. The molecule has 2 rings (SSSR count). The van der Waals surface area contributed by atoms with Crippen LogP contribution in [0.3, 0.4) is 0 Å². The highest BCUT2D eigenvalue weighted by molar-refractivity contribution is 5.08. The average molecular weight is 250 g/mol. The van der Waals surface area contributed by atoms with E-state index >= 15 is 0 Å². The normalized spacial score (nSPS) is 20.2. The molecule has 4 nitrogen and oxygen atoms in total. The van der Waals surface area contributed by atoms with Crippen LogP contribution in [-0.2, 0) is 15.9 Å². The summed E-state index contributed by atoms with van der Waals surface area (Å²) >= 11 is 0. The van der Waals surface area contributed by atoms with E-state index in [4.69, 9.17) is 9.47 Å². The van der Waals surface area contributed by atoms with Gasteiger partial charge in [0.1, 0.15) is 0 Å². The Kier molecular flexibility index (Phi) is 5.58. The van der Waals surface area contributed by atoms with Crippen molar-refractivity contribution < 1.29 is 9.47 Å². The van der Waals surface area contributed by atoms with Gasteiger partial charge in [0.05, 0.1) is 25.9 Å². The van der Waals surface area contributed by atoms with Gasteiger partial charge in [-0.3, -0.25) is 4.98 Å². The van der Waals surface area contributed by atoms with Crippen LogP contribution in [0.25, 0.3) is 0 Å². The van der Waals surface area contributed by atoms with E-state index in [1.54, 1.807) is 0 Å². The van der Waals surface area contributed by atoms with E-state index in [0.717, 1.165) is 45.8 Å². The summed E-state index contributed by atoms with van der Waals surface area (Å²) in [6, 6.07) is 4.12. The van der Waals surface area contributed by atoms with Gasteiger partial charge in [-0.05, 0) is 38.1 Å². The Morgan fingerprint density at radius 3 is 3.11 bits per heavy atom. The lowest BCUT2D eigenvalue weighted by Crippen LogP contribution is -2.38. The summed E-state index contributed by atoms with van der Waals surface area (Å²) < 4.78 is 11.0. The van der Waals surface area contributed by atoms with Gasteiger partial charge in [-0.2, -0.15) is 0 Å². The molecule has 2 heterocycles. The van der Waals surface area contributed by atoms with E-state index in [9.17, 15) is 0 Å². The molecule has 1 saturated heterocycles. The summed E-state index contributed by atoms with van der Waals surface area (Å²) in [4.78, 5) is 6.44. The maximum atomic E-state index is 5.64. The van der Waals surface area contributed by atoms with Crippen molar-refractivity contribution in [2.45, 2.75) is 18.9 Å². The van der Waals surface area contributed by atoms with E-state index in [0.29, 0.717) is 0 Å². The molecule has 0 aromatic carbocycles. The molecule has 0 N–H and O–H groups in total. The topological polar surface area (TPSA) is 34.6 Å². The van der Waals surface area contributed by atoms with Gasteiger partial charge >= 0.3 is 0 Å². The molecule has 0 amide bonds. The van der Waals surface area contributed by atoms with Gasteiger partial charge in [-0.25, -0.2) is 0 Å². The molecule has 1 fully saturated rings. The lowest BCUT2D eigenvalue weighted by Gasteiger charge is -2.27. The number of pyridine rings is 1. The fraction of sp³-hybridized carbons (Fsp3) is 0.643. The molecule has 1 aliphatic rings. The van der Waals surface area contributed by atoms with Crippen LogP contribution in [0, 0.1) is 0 Å². The SMILES string of the molecule is CN(CCCc1cccnc1)C[C@H]1COCCO1. The number of aryl methyl sites for hydroxylation is 1. The number of likely N-dealkylation sites (N-methyl/N-ethyl adjacent to an activating group) is 1. The van der Waals surface area contributed by atoms with E-state index in [2.05, 4.69) is 23.0 Å². The zero-order valence-corrected chi connectivity index (χ0v) is 11.0. The molecule has 0 radical (unpaired) electrons. The minimum atomic E-state index is 0.238. The third-order valence-corrected chi connectivity index (χ3v) is 3.13. The molecule has 0 bridgehead atoms. The maximum Gasteiger partial charge on any atom is 0.0936 e. The van der Waals surface area contributed by atoms with Crippen molar-refractivity contribution >= 4 is 0 Å². The lowest BCUT2D eigenvalue weighted by molar-refractivity contribution is -0.0957. The quantitative estimate of drug-likeness (QED) is 0.763. The molecule has 1 aromatic rings. The smallest absolute Gasteiger partial charge is 0.0936 e. The minimum absolute atomic E-state index is 0.238. The van der Waals surface area contributed by atoms with E-state index in [-0.39, 0.29) is 6.10 Å². The minimum Gasteiger partial charge on any atom is -0.376 e. The third kappa shape index (κ3) is 4.72. The number of ether oxygens (including phenoxy) is 2. The standard InChI is InChI=1S/C14H22N2O2/c1-16(11-14-12-17-8-9-18-14)7-3-5-13-4-2-6-15-10-13/h2,4,6,10,14H,3,5,7-9,11-12H2,1H3/t14-/m0/s1. The second kappa shape index (κ2) is 7.46. The molecule has 1 aliphatic heterocycles. The van der Waals surface area contributed by atoms with Crippen molar-refractivity contribution in [2.24, 2.45) is 0 Å². The number of aromatic nitrogens is 1. The van der Waals surface area contributed by atoms with Crippen LogP contribution in [0.5, 0.6) is 0 Å². The van der Waals surface area contributed by atoms with Crippen molar-refractivity contribution in [3.05, 3.63) is 30.1 Å². The molecular weight excluding hydrogens is 228 g/mol. The van der Waals surface area contributed by atoms with Crippen LogP contribution in [0.2, 0.25) is 0 Å². The van der Waals surface area contributed by atoms with Crippen LogP contribution in [0.1, 0.15) is 12.0 Å². The van der Waals surface area contributed by atoms with Crippen LogP contribution in [-0.4, -0.2) is 55.9 Å². The van der Waals surface area contributed by atoms with Gasteiger partial charge in [0.15, 0.2) is 0 Å². The fourth-order valence-electron chi connectivity index (χ4n) is 2.18. The van der Waals surface area contributed by atoms with Crippen LogP contribution < -0.4 is 0 Å². The summed E-state index contributed by atoms with van der Waals surface area (Å²) in [5.74, 6) is 0. The number of hydrogen-bond acceptors (Lipinski definition) is 4. The highest BCUT2D eigenvalue weighted by atomic mass is 16.6. The van der Waals surface area contributed by atoms with Gasteiger partial charge < -0.3 is 14.4 Å². The Morgan fingerprint density at radius 2 is 2.39 bits per heavy atom. The van der Waals surface area contributed by atoms with Gasteiger partial charge in [-0.1, -0.05) is 6.07 Å². The molecule has 0 unspecified atom stereocenters. The molecular formula is C14H22N2O2. The van der Waals surface area contributed by atoms with Crippen molar-refractivity contribution in [3.63, 3.8) is 0 Å². The molecule has 100 valence electrons. The molecule has 4 heteroatoms. The zero-order chi connectivity index (χ0) is 12.6. The second-order valence-electron chi connectivity index (χ2n) is 4.79. The predicted molar refractivity (Wildman–Crippen MR) is 70.6 cm³/mol. The van der Waals surface area contributed by atoms with Crippen LogP contribution >= 0.6 is 0 Å². The first-order chi connectivity index (χ1) is 8.84. The average Bonchev–Trinajstić information content (AvgIpc) is 2.41. The summed E-state index contributed by atoms with van der Waals surface area (Å²) in [7, 11) is 2.14. The van der Waals surface area contributed by atoms with Gasteiger partial charge in [0.2, 0.25) is 0 Å². The summed E-state index contributed by atoms with van der Waals surface area (Å²) in [6.07, 6.45) is 6.23. The maximum absolute atomic E-state index is 5.64. The van der Waals surface area contributed by atoms with Crippen molar-refractivity contribution in [1.82, 2.24) is 9.88 Å². The highest BCUT2D eigenvalue weighted by Gasteiger charge is 2.15. The van der Waals surface area contributed by atoms with E-state index in [1.165, 1.54) is 5.56 Å². The molecule has 1 aromatic heterocycles. The second-order valence-corrected chi connectivity index (χ2v) is 4.79. The highest BCUT2D eigenvalue weighted by Crippen LogP contribution is 2.05. The van der Waals surface area contributed by atoms with Crippen molar-refractivity contribution in [2.75, 3.05) is 40.0 Å². The van der Waals surface area contributed by atoms with Gasteiger partial charge in [0, 0.05) is 18.9 Å². The zero-order valence-electron chi connectivity index (χ0n) is 11.0. The first kappa shape index (κ1) is 13.5. The van der Waals surface area contributed by atoms with Gasteiger partial charge in [0.25, 0.3) is 0 Å². The van der Waals surface area contributed by atoms with Gasteiger partial charge in [-0.15, -0.1) is 0 Å². The van der Waals surface area contributed by atoms with E-state index < -0.39 is 0 Å². The largest absolute Gasteiger partial charge is 0.376 e. The fourth-order valence-corrected chi connectivity index (χ4v) is 2.18.